The normalized spacial score (nSPS) is 11.2. The molecule has 0 unspecified atom stereocenters. The van der Waals surface area contributed by atoms with E-state index < -0.39 is 11.4 Å². The largest absolute Gasteiger partial charge is 0.478 e. The van der Waals surface area contributed by atoms with E-state index in [9.17, 15) is 9.59 Å². The number of rotatable bonds is 2. The second-order valence-electron chi connectivity index (χ2n) is 4.65. The van der Waals surface area contributed by atoms with Gasteiger partial charge in [-0.2, -0.15) is 0 Å². The number of ketones is 1. The average Bonchev–Trinajstić information content (AvgIpc) is 2.15. The van der Waals surface area contributed by atoms with Crippen LogP contribution in [-0.4, -0.2) is 16.9 Å². The van der Waals surface area contributed by atoms with Crippen LogP contribution in [0.3, 0.4) is 0 Å². The molecule has 1 aromatic carbocycles. The van der Waals surface area contributed by atoms with Gasteiger partial charge in [0.25, 0.3) is 0 Å². The van der Waals surface area contributed by atoms with Crippen LogP contribution in [-0.2, 0) is 0 Å². The molecule has 0 aromatic heterocycles. The number of carbonyl (C=O) groups is 2. The van der Waals surface area contributed by atoms with Crippen molar-refractivity contribution in [1.82, 2.24) is 0 Å². The molecule has 0 fully saturated rings. The first-order valence-corrected chi connectivity index (χ1v) is 4.91. The second kappa shape index (κ2) is 3.96. The quantitative estimate of drug-likeness (QED) is 0.592. The van der Waals surface area contributed by atoms with Crippen molar-refractivity contribution in [2.75, 3.05) is 5.73 Å². The lowest BCUT2D eigenvalue weighted by Crippen LogP contribution is -2.22. The summed E-state index contributed by atoms with van der Waals surface area (Å²) in [5.41, 5.74) is 5.38. The van der Waals surface area contributed by atoms with E-state index in [0.717, 1.165) is 0 Å². The highest BCUT2D eigenvalue weighted by Crippen LogP contribution is 2.26. The summed E-state index contributed by atoms with van der Waals surface area (Å²) in [6.07, 6.45) is 0. The van der Waals surface area contributed by atoms with Crippen LogP contribution in [0, 0.1) is 5.41 Å². The zero-order valence-corrected chi connectivity index (χ0v) is 9.57. The fourth-order valence-corrected chi connectivity index (χ4v) is 1.35. The summed E-state index contributed by atoms with van der Waals surface area (Å²) in [6.45, 7) is 5.30. The first kappa shape index (κ1) is 12.2. The molecule has 0 radical (unpaired) electrons. The first-order chi connectivity index (χ1) is 7.25. The SMILES string of the molecule is CC(C)(C)C(=O)c1cccc(C(=O)O)c1N. The highest BCUT2D eigenvalue weighted by molar-refractivity contribution is 6.08. The highest BCUT2D eigenvalue weighted by atomic mass is 16.4. The predicted molar refractivity (Wildman–Crippen MR) is 61.6 cm³/mol. The molecule has 0 aliphatic rings. The van der Waals surface area contributed by atoms with Gasteiger partial charge in [-0.05, 0) is 12.1 Å². The summed E-state index contributed by atoms with van der Waals surface area (Å²) in [4.78, 5) is 22.8. The summed E-state index contributed by atoms with van der Waals surface area (Å²) in [5, 5.41) is 8.88. The van der Waals surface area contributed by atoms with Crippen molar-refractivity contribution in [2.24, 2.45) is 5.41 Å². The number of carboxylic acids is 1. The minimum absolute atomic E-state index is 0.0323. The van der Waals surface area contributed by atoms with Gasteiger partial charge < -0.3 is 10.8 Å². The lowest BCUT2D eigenvalue weighted by Gasteiger charge is -2.18. The van der Waals surface area contributed by atoms with Gasteiger partial charge in [-0.25, -0.2) is 4.79 Å². The Labute approximate surface area is 94.1 Å². The number of anilines is 1. The van der Waals surface area contributed by atoms with Crippen molar-refractivity contribution >= 4 is 17.4 Å². The number of carbonyl (C=O) groups excluding carboxylic acids is 1. The fraction of sp³-hybridized carbons (Fsp3) is 0.333. The number of hydrogen-bond donors (Lipinski definition) is 2. The molecular weight excluding hydrogens is 206 g/mol. The number of benzene rings is 1. The maximum Gasteiger partial charge on any atom is 0.337 e. The molecule has 0 spiro atoms. The highest BCUT2D eigenvalue weighted by Gasteiger charge is 2.26. The molecule has 0 aliphatic heterocycles. The van der Waals surface area contributed by atoms with Crippen LogP contribution in [0.4, 0.5) is 5.69 Å². The summed E-state index contributed by atoms with van der Waals surface area (Å²) in [5.74, 6) is -1.28. The number of Topliss-reactive ketones (excluding diaryl/α,β-unsaturated/α-hetero) is 1. The molecule has 3 N–H and O–H groups in total. The monoisotopic (exact) mass is 221 g/mol. The van der Waals surface area contributed by atoms with Crippen molar-refractivity contribution < 1.29 is 14.7 Å². The average molecular weight is 221 g/mol. The van der Waals surface area contributed by atoms with Gasteiger partial charge in [-0.3, -0.25) is 4.79 Å². The Morgan fingerprint density at radius 3 is 2.12 bits per heavy atom. The Hall–Kier alpha value is -1.84. The molecule has 0 saturated heterocycles. The van der Waals surface area contributed by atoms with Crippen LogP contribution >= 0.6 is 0 Å². The van der Waals surface area contributed by atoms with Gasteiger partial charge in [-0.1, -0.05) is 26.8 Å². The Morgan fingerprint density at radius 2 is 1.69 bits per heavy atom. The van der Waals surface area contributed by atoms with Gasteiger partial charge in [0.05, 0.1) is 11.3 Å². The number of aromatic carboxylic acids is 1. The number of hydrogen-bond acceptors (Lipinski definition) is 3. The molecular formula is C12H15NO3. The molecule has 0 atom stereocenters. The summed E-state index contributed by atoms with van der Waals surface area (Å²) in [7, 11) is 0. The molecule has 0 saturated carbocycles. The standard InChI is InChI=1S/C12H15NO3/c1-12(2,3)10(14)7-5-4-6-8(9(7)13)11(15)16/h4-6H,13H2,1-3H3,(H,15,16). The zero-order chi connectivity index (χ0) is 12.5. The van der Waals surface area contributed by atoms with Crippen molar-refractivity contribution in [3.05, 3.63) is 29.3 Å². The van der Waals surface area contributed by atoms with E-state index in [0.29, 0.717) is 0 Å². The molecule has 1 aromatic rings. The molecule has 0 amide bonds. The number of nitrogens with two attached hydrogens (primary N) is 1. The second-order valence-corrected chi connectivity index (χ2v) is 4.65. The van der Waals surface area contributed by atoms with Crippen molar-refractivity contribution in [1.29, 1.82) is 0 Å². The number of carboxylic acid groups (broad SMARTS) is 1. The minimum atomic E-state index is -1.12. The van der Waals surface area contributed by atoms with Gasteiger partial charge in [0, 0.05) is 11.0 Å². The van der Waals surface area contributed by atoms with E-state index >= 15 is 0 Å². The molecule has 16 heavy (non-hydrogen) atoms. The van der Waals surface area contributed by atoms with Gasteiger partial charge in [-0.15, -0.1) is 0 Å². The van der Waals surface area contributed by atoms with Crippen molar-refractivity contribution in [3.63, 3.8) is 0 Å². The number of para-hydroxylation sites is 1. The predicted octanol–water partition coefficient (Wildman–Crippen LogP) is 2.20. The molecule has 86 valence electrons. The third-order valence-electron chi connectivity index (χ3n) is 2.26. The molecule has 4 heteroatoms. The van der Waals surface area contributed by atoms with E-state index in [1.54, 1.807) is 26.8 Å². The van der Waals surface area contributed by atoms with Gasteiger partial charge in [0.2, 0.25) is 0 Å². The lowest BCUT2D eigenvalue weighted by atomic mass is 9.85. The lowest BCUT2D eigenvalue weighted by molar-refractivity contribution is 0.0698. The van der Waals surface area contributed by atoms with Crippen LogP contribution in [0.25, 0.3) is 0 Å². The minimum Gasteiger partial charge on any atom is -0.478 e. The topological polar surface area (TPSA) is 80.4 Å². The molecule has 0 heterocycles. The van der Waals surface area contributed by atoms with Crippen molar-refractivity contribution in [2.45, 2.75) is 20.8 Å². The van der Waals surface area contributed by atoms with Gasteiger partial charge >= 0.3 is 5.97 Å². The Balaban J connectivity index is 3.32. The Kier molecular flexibility index (Phi) is 3.03. The van der Waals surface area contributed by atoms with Gasteiger partial charge in [0.1, 0.15) is 0 Å². The van der Waals surface area contributed by atoms with Crippen LogP contribution in [0.15, 0.2) is 18.2 Å². The van der Waals surface area contributed by atoms with Crippen LogP contribution in [0.5, 0.6) is 0 Å². The fourth-order valence-electron chi connectivity index (χ4n) is 1.35. The summed E-state index contributed by atoms with van der Waals surface area (Å²) >= 11 is 0. The van der Waals surface area contributed by atoms with Crippen LogP contribution in [0.2, 0.25) is 0 Å². The van der Waals surface area contributed by atoms with Gasteiger partial charge in [0.15, 0.2) is 5.78 Å². The molecule has 0 bridgehead atoms. The van der Waals surface area contributed by atoms with Crippen LogP contribution in [0.1, 0.15) is 41.5 Å². The Morgan fingerprint density at radius 1 is 1.19 bits per heavy atom. The summed E-state index contributed by atoms with van der Waals surface area (Å²) < 4.78 is 0. The van der Waals surface area contributed by atoms with E-state index in [1.165, 1.54) is 12.1 Å². The summed E-state index contributed by atoms with van der Waals surface area (Å²) in [6, 6.07) is 4.46. The molecule has 1 rings (SSSR count). The van der Waals surface area contributed by atoms with Crippen molar-refractivity contribution in [3.8, 4) is 0 Å². The zero-order valence-electron chi connectivity index (χ0n) is 9.57. The molecule has 0 aliphatic carbocycles. The van der Waals surface area contributed by atoms with E-state index in [2.05, 4.69) is 0 Å². The number of nitrogen functional groups attached to an aromatic ring is 1. The third kappa shape index (κ3) is 2.21. The van der Waals surface area contributed by atoms with E-state index in [-0.39, 0.29) is 22.6 Å². The maximum absolute atomic E-state index is 12.0. The van der Waals surface area contributed by atoms with E-state index in [4.69, 9.17) is 10.8 Å². The smallest absolute Gasteiger partial charge is 0.337 e. The van der Waals surface area contributed by atoms with Crippen LogP contribution < -0.4 is 5.73 Å². The Bertz CT molecular complexity index is 444. The third-order valence-corrected chi connectivity index (χ3v) is 2.26. The van der Waals surface area contributed by atoms with E-state index in [1.807, 2.05) is 0 Å². The first-order valence-electron chi connectivity index (χ1n) is 4.91. The maximum atomic E-state index is 12.0. The molecule has 4 nitrogen and oxygen atoms in total.